The second kappa shape index (κ2) is 9.22. The van der Waals surface area contributed by atoms with E-state index in [0.29, 0.717) is 24.5 Å². The number of amides is 2. The van der Waals surface area contributed by atoms with Crippen LogP contribution in [-0.4, -0.2) is 36.9 Å². The Balaban J connectivity index is 1.83. The number of rotatable bonds is 7. The Morgan fingerprint density at radius 3 is 2.32 bits per heavy atom. The minimum Gasteiger partial charge on any atom is -0.494 e. The lowest BCUT2D eigenvalue weighted by Gasteiger charge is -2.17. The summed E-state index contributed by atoms with van der Waals surface area (Å²) in [5.74, 6) is 0.278. The Kier molecular flexibility index (Phi) is 7.01. The summed E-state index contributed by atoms with van der Waals surface area (Å²) < 4.78 is 6.33. The van der Waals surface area contributed by atoms with Gasteiger partial charge < -0.3 is 15.0 Å². The number of hydrogen-bond donors (Lipinski definition) is 1. The number of likely N-dealkylation sites (N-methyl/N-ethyl adjacent to an activating group) is 1. The van der Waals surface area contributed by atoms with Crippen molar-refractivity contribution in [3.63, 3.8) is 0 Å². The van der Waals surface area contributed by atoms with Crippen LogP contribution in [0.4, 0.5) is 0 Å². The van der Waals surface area contributed by atoms with E-state index < -0.39 is 0 Å². The van der Waals surface area contributed by atoms with Crippen LogP contribution < -0.4 is 10.1 Å². The highest BCUT2D eigenvalue weighted by atomic mass is 79.9. The summed E-state index contributed by atoms with van der Waals surface area (Å²) in [5, 5.41) is 2.65. The first-order chi connectivity index (χ1) is 12.0. The van der Waals surface area contributed by atoms with Crippen LogP contribution >= 0.6 is 15.9 Å². The first-order valence-electron chi connectivity index (χ1n) is 7.99. The molecule has 2 amide bonds. The molecule has 0 saturated carbocycles. The van der Waals surface area contributed by atoms with Crippen molar-refractivity contribution in [3.05, 3.63) is 64.1 Å². The molecule has 0 unspecified atom stereocenters. The number of halogens is 1. The predicted molar refractivity (Wildman–Crippen MR) is 101 cm³/mol. The number of nitrogens with zero attached hydrogens (tertiary/aromatic N) is 1. The number of hydrogen-bond acceptors (Lipinski definition) is 3. The zero-order chi connectivity index (χ0) is 18.2. The maximum Gasteiger partial charge on any atom is 0.251 e. The summed E-state index contributed by atoms with van der Waals surface area (Å²) in [6, 6.07) is 14.6. The summed E-state index contributed by atoms with van der Waals surface area (Å²) in [5.41, 5.74) is 1.52. The summed E-state index contributed by atoms with van der Waals surface area (Å²) in [6.45, 7) is 2.92. The van der Waals surface area contributed by atoms with Gasteiger partial charge >= 0.3 is 0 Å². The van der Waals surface area contributed by atoms with Gasteiger partial charge in [0.1, 0.15) is 5.75 Å². The monoisotopic (exact) mass is 404 g/mol. The highest BCUT2D eigenvalue weighted by Crippen LogP contribution is 2.13. The molecule has 0 bridgehead atoms. The Bertz CT molecular complexity index is 714. The molecule has 1 N–H and O–H groups in total. The van der Waals surface area contributed by atoms with Crippen molar-refractivity contribution < 1.29 is 14.3 Å². The smallest absolute Gasteiger partial charge is 0.251 e. The van der Waals surface area contributed by atoms with Crippen molar-refractivity contribution in [2.24, 2.45) is 0 Å². The predicted octanol–water partition coefficient (Wildman–Crippen LogP) is 3.24. The van der Waals surface area contributed by atoms with E-state index in [1.807, 2.05) is 31.2 Å². The quantitative estimate of drug-likeness (QED) is 0.770. The van der Waals surface area contributed by atoms with E-state index in [1.54, 1.807) is 36.2 Å². The van der Waals surface area contributed by atoms with Crippen molar-refractivity contribution in [1.82, 2.24) is 10.2 Å². The molecule has 132 valence electrons. The minimum absolute atomic E-state index is 0.0426. The van der Waals surface area contributed by atoms with Gasteiger partial charge in [-0.3, -0.25) is 9.59 Å². The maximum atomic E-state index is 12.2. The van der Waals surface area contributed by atoms with Gasteiger partial charge in [-0.05, 0) is 48.9 Å². The zero-order valence-corrected chi connectivity index (χ0v) is 15.9. The van der Waals surface area contributed by atoms with E-state index in [1.165, 1.54) is 0 Å². The Morgan fingerprint density at radius 1 is 1.08 bits per heavy atom. The molecule has 0 atom stereocenters. The number of nitrogens with one attached hydrogen (secondary N) is 1. The van der Waals surface area contributed by atoms with Gasteiger partial charge in [0.15, 0.2) is 0 Å². The molecule has 5 nitrogen and oxygen atoms in total. The lowest BCUT2D eigenvalue weighted by Crippen LogP contribution is -2.37. The van der Waals surface area contributed by atoms with Crippen LogP contribution in [-0.2, 0) is 11.3 Å². The van der Waals surface area contributed by atoms with Gasteiger partial charge in [0.2, 0.25) is 5.91 Å². The molecular formula is C19H21BrN2O3. The molecule has 0 aromatic heterocycles. The van der Waals surface area contributed by atoms with Crippen molar-refractivity contribution in [3.8, 4) is 5.75 Å². The van der Waals surface area contributed by atoms with Gasteiger partial charge in [0.25, 0.3) is 5.91 Å². The first-order valence-corrected chi connectivity index (χ1v) is 8.78. The number of benzene rings is 2. The molecule has 6 heteroatoms. The fourth-order valence-corrected chi connectivity index (χ4v) is 2.48. The van der Waals surface area contributed by atoms with Crippen LogP contribution in [0, 0.1) is 0 Å². The van der Waals surface area contributed by atoms with E-state index in [2.05, 4.69) is 21.2 Å². The number of carbonyl (C=O) groups excluding carboxylic acids is 2. The van der Waals surface area contributed by atoms with Gasteiger partial charge in [-0.1, -0.05) is 28.1 Å². The summed E-state index contributed by atoms with van der Waals surface area (Å²) >= 11 is 3.38. The molecule has 0 radical (unpaired) electrons. The van der Waals surface area contributed by atoms with Crippen molar-refractivity contribution in [2.75, 3.05) is 20.2 Å². The Hall–Kier alpha value is -2.34. The molecule has 2 rings (SSSR count). The van der Waals surface area contributed by atoms with Crippen molar-refractivity contribution >= 4 is 27.7 Å². The second-order valence-corrected chi connectivity index (χ2v) is 6.43. The fourth-order valence-electron chi connectivity index (χ4n) is 2.21. The average Bonchev–Trinajstić information content (AvgIpc) is 2.62. The van der Waals surface area contributed by atoms with Crippen LogP contribution in [0.25, 0.3) is 0 Å². The standard InChI is InChI=1S/C19H21BrN2O3/c1-3-25-17-10-6-15(7-11-17)19(24)21-12-18(23)22(2)13-14-4-8-16(20)9-5-14/h4-11H,3,12-13H2,1-2H3,(H,21,24). The molecule has 0 aliphatic rings. The molecular weight excluding hydrogens is 384 g/mol. The van der Waals surface area contributed by atoms with Crippen molar-refractivity contribution in [2.45, 2.75) is 13.5 Å². The normalized spacial score (nSPS) is 10.2. The second-order valence-electron chi connectivity index (χ2n) is 5.52. The SMILES string of the molecule is CCOc1ccc(C(=O)NCC(=O)N(C)Cc2ccc(Br)cc2)cc1. The fraction of sp³-hybridized carbons (Fsp3) is 0.263. The van der Waals surface area contributed by atoms with Crippen LogP contribution in [0.5, 0.6) is 5.75 Å². The highest BCUT2D eigenvalue weighted by Gasteiger charge is 2.12. The molecule has 0 heterocycles. The van der Waals surface area contributed by atoms with Crippen LogP contribution in [0.2, 0.25) is 0 Å². The lowest BCUT2D eigenvalue weighted by molar-refractivity contribution is -0.129. The van der Waals surface area contributed by atoms with Crippen LogP contribution in [0.15, 0.2) is 53.0 Å². The van der Waals surface area contributed by atoms with E-state index in [0.717, 1.165) is 10.0 Å². The average molecular weight is 405 g/mol. The molecule has 0 aliphatic heterocycles. The van der Waals surface area contributed by atoms with E-state index >= 15 is 0 Å². The molecule has 0 fully saturated rings. The largest absolute Gasteiger partial charge is 0.494 e. The van der Waals surface area contributed by atoms with Crippen LogP contribution in [0.1, 0.15) is 22.8 Å². The van der Waals surface area contributed by atoms with Gasteiger partial charge in [-0.15, -0.1) is 0 Å². The highest BCUT2D eigenvalue weighted by molar-refractivity contribution is 9.10. The number of ether oxygens (including phenoxy) is 1. The zero-order valence-electron chi connectivity index (χ0n) is 14.3. The molecule has 0 saturated heterocycles. The van der Waals surface area contributed by atoms with E-state index in [9.17, 15) is 9.59 Å². The summed E-state index contributed by atoms with van der Waals surface area (Å²) in [7, 11) is 1.72. The topological polar surface area (TPSA) is 58.6 Å². The molecule has 2 aromatic carbocycles. The minimum atomic E-state index is -0.284. The summed E-state index contributed by atoms with van der Waals surface area (Å²) in [4.78, 5) is 25.9. The third-order valence-electron chi connectivity index (χ3n) is 3.59. The molecule has 2 aromatic rings. The van der Waals surface area contributed by atoms with E-state index in [4.69, 9.17) is 4.74 Å². The van der Waals surface area contributed by atoms with Gasteiger partial charge in [0, 0.05) is 23.6 Å². The van der Waals surface area contributed by atoms with Gasteiger partial charge in [-0.25, -0.2) is 0 Å². The third-order valence-corrected chi connectivity index (χ3v) is 4.12. The number of carbonyl (C=O) groups is 2. The van der Waals surface area contributed by atoms with Crippen molar-refractivity contribution in [1.29, 1.82) is 0 Å². The lowest BCUT2D eigenvalue weighted by atomic mass is 10.2. The Labute approximate surface area is 156 Å². The van der Waals surface area contributed by atoms with Gasteiger partial charge in [0.05, 0.1) is 13.2 Å². The molecule has 0 aliphatic carbocycles. The maximum absolute atomic E-state index is 12.2. The third kappa shape index (κ3) is 5.90. The van der Waals surface area contributed by atoms with Gasteiger partial charge in [-0.2, -0.15) is 0 Å². The van der Waals surface area contributed by atoms with Crippen LogP contribution in [0.3, 0.4) is 0 Å². The van der Waals surface area contributed by atoms with E-state index in [-0.39, 0.29) is 18.4 Å². The molecule has 25 heavy (non-hydrogen) atoms. The first kappa shape index (κ1) is 19.0. The molecule has 0 spiro atoms. The summed E-state index contributed by atoms with van der Waals surface area (Å²) in [6.07, 6.45) is 0. The Morgan fingerprint density at radius 2 is 1.72 bits per heavy atom.